The van der Waals surface area contributed by atoms with Crippen LogP contribution >= 0.6 is 0 Å². The van der Waals surface area contributed by atoms with Crippen molar-refractivity contribution in [3.05, 3.63) is 12.2 Å². The Labute approximate surface area is 503 Å². The lowest BCUT2D eigenvalue weighted by atomic mass is 9.91. The lowest BCUT2D eigenvalue weighted by molar-refractivity contribution is -0.158. The minimum atomic E-state index is -1.58. The van der Waals surface area contributed by atoms with Crippen molar-refractivity contribution in [2.75, 3.05) is 55.9 Å². The van der Waals surface area contributed by atoms with E-state index in [1.54, 1.807) is 61.7 Å². The third-order valence-electron chi connectivity index (χ3n) is 16.3. The number of allylic oxidation sites excluding steroid dienone is 2. The van der Waals surface area contributed by atoms with Crippen LogP contribution in [0, 0.1) is 41.4 Å². The average Bonchev–Trinajstić information content (AvgIpc) is 2.09. The molecule has 0 rings (SSSR count). The molecule has 484 valence electrons. The van der Waals surface area contributed by atoms with Crippen molar-refractivity contribution >= 4 is 59.1 Å². The summed E-state index contributed by atoms with van der Waals surface area (Å²) in [4.78, 5) is 148. The Morgan fingerprint density at radius 2 is 1.00 bits per heavy atom. The standard InChI is InChI=1S/C61H113N11O12/c1-25-28-29-39(14)51(74)50(55(78)65-44(27-3)58(81)66(18)33-48(73)67(19)42(17)52(62)75)72(24)61(84)49(38(12)13)71(23)60(83)47(32-36(8)9)70(22)59(82)46(31-35(6)7)69(21)57(80)41(16)63-53(76)43(26-2)64-54(77)45(30-34(4)5)68(20)56(79)40(15)37(10)11/h25,28,34-47,49-51,59,74,82H,26-27,29-33H2,1-24H3,(H2,62,75)(H,63,76)(H,64,77)(H,65,78)/b28-25+/t39-,40+,41-,42+,43?,44+,45-,46+,47+,49+,50?,51-,59?/m0/s1. The molecule has 3 unspecified atom stereocenters. The molecule has 0 spiro atoms. The van der Waals surface area contributed by atoms with E-state index in [1.807, 2.05) is 68.4 Å². The summed E-state index contributed by atoms with van der Waals surface area (Å²) in [6, 6.07) is -9.98. The lowest BCUT2D eigenvalue weighted by Crippen LogP contribution is -2.64. The van der Waals surface area contributed by atoms with E-state index in [-0.39, 0.29) is 61.2 Å². The smallest absolute Gasteiger partial charge is 0.246 e. The van der Waals surface area contributed by atoms with E-state index in [9.17, 15) is 48.6 Å². The first-order chi connectivity index (χ1) is 38.7. The number of amides is 10. The summed E-state index contributed by atoms with van der Waals surface area (Å²) in [5.41, 5.74) is 5.38. The van der Waals surface area contributed by atoms with Crippen molar-refractivity contribution in [2.24, 2.45) is 47.2 Å². The highest BCUT2D eigenvalue weighted by Crippen LogP contribution is 2.26. The van der Waals surface area contributed by atoms with Gasteiger partial charge in [-0.25, -0.2) is 0 Å². The van der Waals surface area contributed by atoms with Crippen molar-refractivity contribution in [1.29, 1.82) is 0 Å². The van der Waals surface area contributed by atoms with E-state index < -0.39 is 138 Å². The Hall–Kier alpha value is -5.68. The van der Waals surface area contributed by atoms with Gasteiger partial charge in [-0.3, -0.25) is 52.8 Å². The van der Waals surface area contributed by atoms with Crippen molar-refractivity contribution in [3.8, 4) is 0 Å². The van der Waals surface area contributed by atoms with Crippen LogP contribution in [0.15, 0.2) is 12.2 Å². The number of nitrogens with zero attached hydrogens (tertiary/aromatic N) is 7. The number of aliphatic hydroxyl groups is 2. The maximum Gasteiger partial charge on any atom is 0.246 e. The zero-order valence-corrected chi connectivity index (χ0v) is 55.7. The van der Waals surface area contributed by atoms with Gasteiger partial charge < -0.3 is 61.3 Å². The van der Waals surface area contributed by atoms with Gasteiger partial charge in [-0.2, -0.15) is 0 Å². The summed E-state index contributed by atoms with van der Waals surface area (Å²) in [6.45, 7) is 30.1. The molecule has 0 aromatic carbocycles. The van der Waals surface area contributed by atoms with Crippen LogP contribution in [0.3, 0.4) is 0 Å². The van der Waals surface area contributed by atoms with Gasteiger partial charge in [0.2, 0.25) is 59.1 Å². The second kappa shape index (κ2) is 36.3. The van der Waals surface area contributed by atoms with Crippen molar-refractivity contribution in [3.63, 3.8) is 0 Å². The summed E-state index contributed by atoms with van der Waals surface area (Å²) in [6.07, 6.45) is 2.05. The molecular formula is C61H113N11O12. The van der Waals surface area contributed by atoms with E-state index in [0.29, 0.717) is 12.8 Å². The normalized spacial score (nSPS) is 16.6. The van der Waals surface area contributed by atoms with E-state index in [2.05, 4.69) is 16.0 Å². The van der Waals surface area contributed by atoms with Crippen LogP contribution in [-0.2, 0) is 47.9 Å². The van der Waals surface area contributed by atoms with Gasteiger partial charge in [0.1, 0.15) is 48.5 Å². The van der Waals surface area contributed by atoms with Crippen LogP contribution in [0.2, 0.25) is 0 Å². The first kappa shape index (κ1) is 78.3. The van der Waals surface area contributed by atoms with Gasteiger partial charge in [0.25, 0.3) is 0 Å². The summed E-state index contributed by atoms with van der Waals surface area (Å²) in [7, 11) is 10.2. The largest absolute Gasteiger partial charge is 0.390 e. The van der Waals surface area contributed by atoms with Gasteiger partial charge in [-0.15, -0.1) is 0 Å². The zero-order chi connectivity index (χ0) is 65.7. The number of rotatable bonds is 36. The third kappa shape index (κ3) is 22.6. The summed E-state index contributed by atoms with van der Waals surface area (Å²) < 4.78 is 0. The molecule has 23 nitrogen and oxygen atoms in total. The van der Waals surface area contributed by atoms with Crippen LogP contribution in [0.4, 0.5) is 0 Å². The summed E-state index contributed by atoms with van der Waals surface area (Å²) in [5, 5.41) is 32.7. The van der Waals surface area contributed by atoms with Crippen molar-refractivity contribution < 1.29 is 58.2 Å². The highest BCUT2D eigenvalue weighted by Gasteiger charge is 2.45. The number of nitrogens with one attached hydrogen (secondary N) is 3. The third-order valence-corrected chi connectivity index (χ3v) is 16.3. The SMILES string of the molecule is C/C=C/C[C@H](C)[C@H](O)C(C(=O)N[C@H](CC)C(=O)N(C)CC(=O)N(C)[C@H](C)C(N)=O)N(C)C(=O)[C@@H](C(C)C)N(C)C(=O)[C@@H](CC(C)C)N(C)C(O)[C@@H](CC(C)C)N(C)C(=O)[C@H](C)NC(=O)C(CC)NC(=O)[C@H](CC(C)C)N(C)C(=O)[C@H](C)C(C)C. The van der Waals surface area contributed by atoms with Crippen LogP contribution < -0.4 is 21.7 Å². The van der Waals surface area contributed by atoms with Crippen molar-refractivity contribution in [1.82, 2.24) is 50.2 Å². The van der Waals surface area contributed by atoms with Gasteiger partial charge in [-0.1, -0.05) is 109 Å². The highest BCUT2D eigenvalue weighted by atomic mass is 16.3. The topological polar surface area (TPSA) is 296 Å². The molecule has 0 aromatic heterocycles. The molecule has 0 aromatic rings. The van der Waals surface area contributed by atoms with Gasteiger partial charge in [0.15, 0.2) is 0 Å². The molecule has 84 heavy (non-hydrogen) atoms. The molecule has 0 aliphatic carbocycles. The lowest BCUT2D eigenvalue weighted by Gasteiger charge is -2.43. The summed E-state index contributed by atoms with van der Waals surface area (Å²) >= 11 is 0. The first-order valence-corrected chi connectivity index (χ1v) is 30.2. The predicted molar refractivity (Wildman–Crippen MR) is 327 cm³/mol. The van der Waals surface area contributed by atoms with Crippen LogP contribution in [-0.4, -0.2) is 226 Å². The van der Waals surface area contributed by atoms with E-state index in [4.69, 9.17) is 5.73 Å². The Bertz CT molecular complexity index is 2210. The number of carbonyl (C=O) groups excluding carboxylic acids is 10. The van der Waals surface area contributed by atoms with E-state index in [1.165, 1.54) is 68.7 Å². The monoisotopic (exact) mass is 1190 g/mol. The Morgan fingerprint density at radius 3 is 1.45 bits per heavy atom. The number of carbonyl (C=O) groups is 10. The fourth-order valence-electron chi connectivity index (χ4n) is 10.1. The molecular weight excluding hydrogens is 1080 g/mol. The second-order valence-corrected chi connectivity index (χ2v) is 25.2. The molecule has 0 aliphatic rings. The fraction of sp³-hybridized carbons (Fsp3) is 0.803. The number of nitrogens with two attached hydrogens (primary N) is 1. The van der Waals surface area contributed by atoms with Crippen molar-refractivity contribution in [2.45, 2.75) is 223 Å². The molecule has 13 atom stereocenters. The first-order valence-electron chi connectivity index (χ1n) is 30.2. The average molecular weight is 1190 g/mol. The number of aliphatic hydroxyl groups excluding tert-OH is 2. The molecule has 0 radical (unpaired) electrons. The highest BCUT2D eigenvalue weighted by molar-refractivity contribution is 5.97. The number of hydrogen-bond donors (Lipinski definition) is 6. The quantitative estimate of drug-likeness (QED) is 0.0389. The van der Waals surface area contributed by atoms with E-state index >= 15 is 9.59 Å². The zero-order valence-electron chi connectivity index (χ0n) is 55.7. The van der Waals surface area contributed by atoms with Gasteiger partial charge in [0.05, 0.1) is 24.7 Å². The maximum atomic E-state index is 15.1. The Morgan fingerprint density at radius 1 is 0.512 bits per heavy atom. The molecule has 0 bridgehead atoms. The number of primary amides is 1. The fourth-order valence-corrected chi connectivity index (χ4v) is 10.1. The van der Waals surface area contributed by atoms with Crippen LogP contribution in [0.1, 0.15) is 156 Å². The van der Waals surface area contributed by atoms with Crippen LogP contribution in [0.5, 0.6) is 0 Å². The Kier molecular flexibility index (Phi) is 33.9. The Balaban J connectivity index is 7.09. The predicted octanol–water partition coefficient (Wildman–Crippen LogP) is 3.05. The van der Waals surface area contributed by atoms with Gasteiger partial charge in [-0.05, 0) is 102 Å². The number of hydrogen-bond acceptors (Lipinski definition) is 13. The maximum absolute atomic E-state index is 15.1. The molecule has 0 fully saturated rings. The molecule has 0 saturated heterocycles. The van der Waals surface area contributed by atoms with Crippen LogP contribution in [0.25, 0.3) is 0 Å². The molecule has 10 amide bonds. The minimum absolute atomic E-state index is 0.0437. The summed E-state index contributed by atoms with van der Waals surface area (Å²) in [5.74, 6) is -7.51. The van der Waals surface area contributed by atoms with Gasteiger partial charge in [0, 0.05) is 48.2 Å². The molecule has 0 heterocycles. The molecule has 0 saturated carbocycles. The number of likely N-dealkylation sites (N-methyl/N-ethyl adjacent to an activating group) is 7. The van der Waals surface area contributed by atoms with Gasteiger partial charge >= 0.3 is 0 Å². The van der Waals surface area contributed by atoms with E-state index in [0.717, 1.165) is 14.7 Å². The minimum Gasteiger partial charge on any atom is -0.390 e. The molecule has 7 N–H and O–H groups in total. The molecule has 0 aliphatic heterocycles. The second-order valence-electron chi connectivity index (χ2n) is 25.2. The molecule has 23 heteroatoms.